The molecule has 2 heterocycles. The highest BCUT2D eigenvalue weighted by molar-refractivity contribution is 5.92. The van der Waals surface area contributed by atoms with Gasteiger partial charge in [-0.3, -0.25) is 14.4 Å². The third-order valence-electron chi connectivity index (χ3n) is 8.46. The first-order valence-corrected chi connectivity index (χ1v) is 13.5. The van der Waals surface area contributed by atoms with Crippen LogP contribution in [0.3, 0.4) is 0 Å². The number of likely N-dealkylation sites (tertiary alicyclic amines) is 1. The number of aromatic nitrogens is 1. The first kappa shape index (κ1) is 27.8. The number of aromatic amines is 1. The number of rotatable bonds is 7. The second kappa shape index (κ2) is 10.3. The van der Waals surface area contributed by atoms with Crippen molar-refractivity contribution >= 4 is 28.7 Å². The molecule has 0 bridgehead atoms. The number of nitrogens with zero attached hydrogens (tertiary/aromatic N) is 1. The average molecular weight is 553 g/mol. The molecular weight excluding hydrogens is 518 g/mol. The van der Waals surface area contributed by atoms with E-state index in [1.807, 2.05) is 0 Å². The lowest BCUT2D eigenvalue weighted by Gasteiger charge is -2.41. The van der Waals surface area contributed by atoms with Gasteiger partial charge in [0.15, 0.2) is 0 Å². The molecule has 1 aliphatic heterocycles. The van der Waals surface area contributed by atoms with Crippen LogP contribution in [0.4, 0.5) is 8.78 Å². The van der Waals surface area contributed by atoms with E-state index in [9.17, 15) is 28.3 Å². The minimum atomic E-state index is -1.21. The van der Waals surface area contributed by atoms with Crippen molar-refractivity contribution in [2.75, 3.05) is 13.1 Å². The Bertz CT molecular complexity index is 1470. The highest BCUT2D eigenvalue weighted by Crippen LogP contribution is 2.53. The molecule has 1 aromatic heterocycles. The topological polar surface area (TPSA) is 129 Å². The lowest BCUT2D eigenvalue weighted by Crippen LogP contribution is -2.58. The molecule has 5 N–H and O–H groups in total. The number of hydrogen-bond donors (Lipinski definition) is 4. The molecule has 1 fully saturated rings. The van der Waals surface area contributed by atoms with Crippen LogP contribution in [-0.4, -0.2) is 57.4 Å². The van der Waals surface area contributed by atoms with Gasteiger partial charge in [0, 0.05) is 36.6 Å². The molecule has 2 amide bonds. The van der Waals surface area contributed by atoms with E-state index in [0.717, 1.165) is 16.6 Å². The van der Waals surface area contributed by atoms with E-state index in [4.69, 9.17) is 5.73 Å². The number of carbonyl (C=O) groups excluding carboxylic acids is 2. The number of nitrogens with one attached hydrogen (secondary N) is 2. The number of fused-ring (bicyclic) bond motifs is 3. The van der Waals surface area contributed by atoms with Crippen LogP contribution in [0.25, 0.3) is 10.9 Å². The molecule has 0 radical (unpaired) electrons. The van der Waals surface area contributed by atoms with Gasteiger partial charge in [0.25, 0.3) is 0 Å². The molecule has 1 aliphatic carbocycles. The number of carboxylic acid groups (broad SMARTS) is 1. The Morgan fingerprint density at radius 2 is 1.82 bits per heavy atom. The Hall–Kier alpha value is -3.79. The van der Waals surface area contributed by atoms with Gasteiger partial charge in [0.2, 0.25) is 11.8 Å². The maximum atomic E-state index is 14.3. The van der Waals surface area contributed by atoms with Crippen molar-refractivity contribution in [2.24, 2.45) is 5.73 Å². The van der Waals surface area contributed by atoms with Crippen LogP contribution in [0.15, 0.2) is 42.6 Å². The molecule has 10 heteroatoms. The number of benzene rings is 2. The van der Waals surface area contributed by atoms with Crippen molar-refractivity contribution in [3.05, 3.63) is 70.9 Å². The molecule has 8 nitrogen and oxygen atoms in total. The number of nitrogens with two attached hydrogens (primary N) is 1. The van der Waals surface area contributed by atoms with Crippen molar-refractivity contribution in [3.8, 4) is 0 Å². The van der Waals surface area contributed by atoms with E-state index in [2.05, 4.69) is 10.3 Å². The Morgan fingerprint density at radius 3 is 2.50 bits per heavy atom. The molecule has 212 valence electrons. The number of H-pyrrole nitrogens is 1. The fourth-order valence-corrected chi connectivity index (χ4v) is 6.36. The number of amides is 2. The minimum absolute atomic E-state index is 0.0305. The van der Waals surface area contributed by atoms with Crippen LogP contribution in [0.2, 0.25) is 0 Å². The quantitative estimate of drug-likeness (QED) is 0.355. The maximum Gasteiger partial charge on any atom is 0.303 e. The fraction of sp³-hybridized carbons (Fsp3) is 0.433. The third kappa shape index (κ3) is 5.32. The predicted octanol–water partition coefficient (Wildman–Crippen LogP) is 3.73. The Morgan fingerprint density at radius 1 is 1.15 bits per heavy atom. The van der Waals surface area contributed by atoms with Crippen molar-refractivity contribution in [1.29, 1.82) is 0 Å². The van der Waals surface area contributed by atoms with Gasteiger partial charge in [-0.15, -0.1) is 0 Å². The molecule has 2 unspecified atom stereocenters. The first-order chi connectivity index (χ1) is 18.9. The van der Waals surface area contributed by atoms with Crippen molar-refractivity contribution in [3.63, 3.8) is 0 Å². The minimum Gasteiger partial charge on any atom is -0.481 e. The Labute approximate surface area is 230 Å². The second-order valence-corrected chi connectivity index (χ2v) is 11.8. The first-order valence-electron chi connectivity index (χ1n) is 13.5. The van der Waals surface area contributed by atoms with E-state index in [-0.39, 0.29) is 30.5 Å². The van der Waals surface area contributed by atoms with Gasteiger partial charge in [-0.25, -0.2) is 8.78 Å². The summed E-state index contributed by atoms with van der Waals surface area (Å²) in [4.78, 5) is 43.0. The molecule has 2 aromatic carbocycles. The van der Waals surface area contributed by atoms with E-state index >= 15 is 0 Å². The van der Waals surface area contributed by atoms with E-state index in [1.165, 1.54) is 24.3 Å². The molecule has 1 spiro atoms. The molecule has 2 atom stereocenters. The van der Waals surface area contributed by atoms with E-state index in [1.54, 1.807) is 37.1 Å². The molecule has 0 saturated carbocycles. The summed E-state index contributed by atoms with van der Waals surface area (Å²) in [5.74, 6) is -2.64. The van der Waals surface area contributed by atoms with Gasteiger partial charge in [-0.2, -0.15) is 0 Å². The normalized spacial score (nSPS) is 19.0. The Kier molecular flexibility index (Phi) is 7.16. The van der Waals surface area contributed by atoms with Gasteiger partial charge in [-0.1, -0.05) is 6.07 Å². The summed E-state index contributed by atoms with van der Waals surface area (Å²) in [6, 6.07) is 8.00. The summed E-state index contributed by atoms with van der Waals surface area (Å²) in [7, 11) is 0. The number of piperidine rings is 1. The van der Waals surface area contributed by atoms with Crippen LogP contribution in [-0.2, 0) is 26.2 Å². The second-order valence-electron chi connectivity index (χ2n) is 11.8. The largest absolute Gasteiger partial charge is 0.481 e. The number of halogens is 2. The highest BCUT2D eigenvalue weighted by Gasteiger charge is 2.47. The smallest absolute Gasteiger partial charge is 0.303 e. The van der Waals surface area contributed by atoms with Gasteiger partial charge in [-0.05, 0) is 91.5 Å². The van der Waals surface area contributed by atoms with Gasteiger partial charge in [0.05, 0.1) is 12.0 Å². The molecule has 40 heavy (non-hydrogen) atoms. The summed E-state index contributed by atoms with van der Waals surface area (Å²) < 4.78 is 28.3. The molecule has 2 aliphatic rings. The maximum absolute atomic E-state index is 14.3. The van der Waals surface area contributed by atoms with E-state index < -0.39 is 34.7 Å². The summed E-state index contributed by atoms with van der Waals surface area (Å²) in [6.45, 7) is 3.85. The van der Waals surface area contributed by atoms with Crippen molar-refractivity contribution < 1.29 is 28.3 Å². The molecule has 3 aromatic rings. The standard InChI is InChI=1S/C30H34F2N4O4/c1-29(2,33)28(40)35-25(11-18-16-34-24-6-4-19(31)13-22(18)24)27(39)36-9-7-30(8-10-36)15-17(12-26(37)38)21-5-3-20(32)14-23(21)30/h3-6,13-14,16-17,25,34H,7-12,15,33H2,1-2H3,(H,35,40)(H,37,38). The number of aliphatic carboxylic acids is 1. The van der Waals surface area contributed by atoms with Crippen LogP contribution < -0.4 is 11.1 Å². The third-order valence-corrected chi connectivity index (χ3v) is 8.46. The summed E-state index contributed by atoms with van der Waals surface area (Å²) in [6.07, 6.45) is 3.50. The summed E-state index contributed by atoms with van der Waals surface area (Å²) >= 11 is 0. The lowest BCUT2D eigenvalue weighted by atomic mass is 9.73. The van der Waals surface area contributed by atoms with Crippen molar-refractivity contribution in [1.82, 2.24) is 15.2 Å². The number of carboxylic acids is 1. The molecule has 5 rings (SSSR count). The summed E-state index contributed by atoms with van der Waals surface area (Å²) in [5.41, 5.74) is 7.48. The number of carbonyl (C=O) groups is 3. The van der Waals surface area contributed by atoms with Crippen LogP contribution in [0.1, 0.15) is 62.1 Å². The molecule has 1 saturated heterocycles. The van der Waals surface area contributed by atoms with Crippen molar-refractivity contribution in [2.45, 2.75) is 68.9 Å². The fourth-order valence-electron chi connectivity index (χ4n) is 6.36. The van der Waals surface area contributed by atoms with Gasteiger partial charge in [0.1, 0.15) is 17.7 Å². The molecular formula is C30H34F2N4O4. The Balaban J connectivity index is 1.37. The lowest BCUT2D eigenvalue weighted by molar-refractivity contribution is -0.138. The van der Waals surface area contributed by atoms with Crippen LogP contribution in [0.5, 0.6) is 0 Å². The SMILES string of the molecule is CC(C)(N)C(=O)NC(Cc1c[nH]c2ccc(F)cc12)C(=O)N1CCC2(CC1)CC(CC(=O)O)c1ccc(F)cc12. The monoisotopic (exact) mass is 552 g/mol. The van der Waals surface area contributed by atoms with Gasteiger partial charge >= 0.3 is 5.97 Å². The average Bonchev–Trinajstić information content (AvgIpc) is 3.40. The summed E-state index contributed by atoms with van der Waals surface area (Å²) in [5, 5.41) is 12.9. The van der Waals surface area contributed by atoms with E-state index in [0.29, 0.717) is 43.3 Å². The van der Waals surface area contributed by atoms with Crippen LogP contribution in [0, 0.1) is 11.6 Å². The zero-order valence-corrected chi connectivity index (χ0v) is 22.6. The number of hydrogen-bond acceptors (Lipinski definition) is 4. The zero-order chi connectivity index (χ0) is 28.8. The van der Waals surface area contributed by atoms with Crippen LogP contribution >= 0.6 is 0 Å². The predicted molar refractivity (Wildman–Crippen MR) is 146 cm³/mol. The van der Waals surface area contributed by atoms with Gasteiger partial charge < -0.3 is 26.0 Å². The highest BCUT2D eigenvalue weighted by atomic mass is 19.1. The zero-order valence-electron chi connectivity index (χ0n) is 22.6.